The average molecular weight is 283 g/mol. The Bertz CT molecular complexity index is 389. The maximum Gasteiger partial charge on any atom is 0.328 e. The highest BCUT2D eigenvalue weighted by Crippen LogP contribution is 2.25. The summed E-state index contributed by atoms with van der Waals surface area (Å²) in [5.74, 6) is -0.877. The van der Waals surface area contributed by atoms with Gasteiger partial charge < -0.3 is 14.8 Å². The maximum absolute atomic E-state index is 12.1. The second-order valence-corrected chi connectivity index (χ2v) is 5.47. The molecule has 0 unspecified atom stereocenters. The van der Waals surface area contributed by atoms with Gasteiger partial charge in [-0.3, -0.25) is 9.59 Å². The van der Waals surface area contributed by atoms with Crippen molar-refractivity contribution in [3.8, 4) is 0 Å². The smallest absolute Gasteiger partial charge is 0.328 e. The number of methoxy groups -OCH3 is 1. The van der Waals surface area contributed by atoms with Crippen molar-refractivity contribution in [3.63, 3.8) is 0 Å². The van der Waals surface area contributed by atoms with Crippen LogP contribution in [0.25, 0.3) is 0 Å². The maximum atomic E-state index is 12.1. The standard InChI is InChI=1S/C14H21NO5/c1-19-14(18)12(9-3-2-4-11(16)7-9)15-13(17)10-5-6-20-8-10/h9-10,12H,2-8H2,1H3,(H,15,17)/t9-,10-,12-/m1/s1. The molecule has 1 N–H and O–H groups in total. The van der Waals surface area contributed by atoms with Gasteiger partial charge in [0, 0.05) is 19.4 Å². The van der Waals surface area contributed by atoms with E-state index in [9.17, 15) is 14.4 Å². The van der Waals surface area contributed by atoms with Crippen LogP contribution in [0.2, 0.25) is 0 Å². The van der Waals surface area contributed by atoms with Crippen LogP contribution in [0.15, 0.2) is 0 Å². The summed E-state index contributed by atoms with van der Waals surface area (Å²) in [5, 5.41) is 2.75. The van der Waals surface area contributed by atoms with E-state index in [2.05, 4.69) is 5.32 Å². The third-order valence-electron chi connectivity index (χ3n) is 4.05. The molecule has 1 aliphatic carbocycles. The molecule has 3 atom stereocenters. The number of carbonyl (C=O) groups excluding carboxylic acids is 3. The van der Waals surface area contributed by atoms with Gasteiger partial charge in [-0.05, 0) is 25.2 Å². The first-order valence-electron chi connectivity index (χ1n) is 7.09. The van der Waals surface area contributed by atoms with Gasteiger partial charge >= 0.3 is 5.97 Å². The highest BCUT2D eigenvalue weighted by atomic mass is 16.5. The van der Waals surface area contributed by atoms with Gasteiger partial charge in [0.15, 0.2) is 0 Å². The van der Waals surface area contributed by atoms with Crippen LogP contribution < -0.4 is 5.32 Å². The molecule has 0 aromatic carbocycles. The van der Waals surface area contributed by atoms with E-state index in [0.29, 0.717) is 32.5 Å². The molecular weight excluding hydrogens is 262 g/mol. The van der Waals surface area contributed by atoms with Gasteiger partial charge in [-0.1, -0.05) is 0 Å². The SMILES string of the molecule is COC(=O)[C@H](NC(=O)[C@@H]1CCOC1)[C@@H]1CCCC(=O)C1. The third-order valence-corrected chi connectivity index (χ3v) is 4.05. The fourth-order valence-electron chi connectivity index (χ4n) is 2.85. The third kappa shape index (κ3) is 3.56. The Morgan fingerprint density at radius 3 is 2.80 bits per heavy atom. The summed E-state index contributed by atoms with van der Waals surface area (Å²) in [7, 11) is 1.30. The molecule has 2 rings (SSSR count). The lowest BCUT2D eigenvalue weighted by atomic mass is 9.83. The number of Topliss-reactive ketones (excluding diaryl/α,β-unsaturated/α-hetero) is 1. The number of amides is 1. The molecule has 0 bridgehead atoms. The fourth-order valence-corrected chi connectivity index (χ4v) is 2.85. The highest BCUT2D eigenvalue weighted by Gasteiger charge is 2.36. The Kier molecular flexibility index (Phi) is 5.11. The quantitative estimate of drug-likeness (QED) is 0.757. The largest absolute Gasteiger partial charge is 0.467 e. The molecule has 1 aliphatic heterocycles. The van der Waals surface area contributed by atoms with E-state index in [1.807, 2.05) is 0 Å². The van der Waals surface area contributed by atoms with Crippen molar-refractivity contribution in [1.29, 1.82) is 0 Å². The summed E-state index contributed by atoms with van der Waals surface area (Å²) >= 11 is 0. The van der Waals surface area contributed by atoms with Crippen LogP contribution in [0.3, 0.4) is 0 Å². The van der Waals surface area contributed by atoms with Crippen molar-refractivity contribution in [2.75, 3.05) is 20.3 Å². The zero-order valence-electron chi connectivity index (χ0n) is 11.7. The molecule has 1 heterocycles. The molecule has 2 aliphatic rings. The minimum atomic E-state index is -0.725. The number of rotatable bonds is 4. The van der Waals surface area contributed by atoms with Gasteiger partial charge in [0.1, 0.15) is 11.8 Å². The van der Waals surface area contributed by atoms with Gasteiger partial charge in [0.05, 0.1) is 19.6 Å². The zero-order chi connectivity index (χ0) is 14.5. The molecule has 1 saturated heterocycles. The van der Waals surface area contributed by atoms with Gasteiger partial charge in [-0.2, -0.15) is 0 Å². The molecule has 1 amide bonds. The number of ether oxygens (including phenoxy) is 2. The first kappa shape index (κ1) is 15.0. The number of hydrogen-bond donors (Lipinski definition) is 1. The molecule has 2 fully saturated rings. The Balaban J connectivity index is 2.01. The van der Waals surface area contributed by atoms with Crippen molar-refractivity contribution in [3.05, 3.63) is 0 Å². The van der Waals surface area contributed by atoms with Crippen LogP contribution in [-0.2, 0) is 23.9 Å². The van der Waals surface area contributed by atoms with E-state index >= 15 is 0 Å². The van der Waals surface area contributed by atoms with Gasteiger partial charge in [0.25, 0.3) is 0 Å². The molecule has 6 heteroatoms. The topological polar surface area (TPSA) is 81.7 Å². The van der Waals surface area contributed by atoms with Crippen molar-refractivity contribution < 1.29 is 23.9 Å². The normalized spacial score (nSPS) is 27.9. The minimum absolute atomic E-state index is 0.147. The fraction of sp³-hybridized carbons (Fsp3) is 0.786. The van der Waals surface area contributed by atoms with Crippen LogP contribution >= 0.6 is 0 Å². The first-order valence-corrected chi connectivity index (χ1v) is 7.09. The number of hydrogen-bond acceptors (Lipinski definition) is 5. The molecule has 0 aromatic rings. The minimum Gasteiger partial charge on any atom is -0.467 e. The Morgan fingerprint density at radius 2 is 2.20 bits per heavy atom. The monoisotopic (exact) mass is 283 g/mol. The molecule has 0 radical (unpaired) electrons. The molecule has 20 heavy (non-hydrogen) atoms. The molecular formula is C14H21NO5. The average Bonchev–Trinajstić information content (AvgIpc) is 2.98. The summed E-state index contributed by atoms with van der Waals surface area (Å²) in [6.45, 7) is 0.964. The molecule has 0 spiro atoms. The summed E-state index contributed by atoms with van der Waals surface area (Å²) in [5.41, 5.74) is 0. The molecule has 112 valence electrons. The van der Waals surface area contributed by atoms with Gasteiger partial charge in [-0.15, -0.1) is 0 Å². The van der Waals surface area contributed by atoms with Gasteiger partial charge in [-0.25, -0.2) is 4.79 Å². The lowest BCUT2D eigenvalue weighted by Crippen LogP contribution is -2.49. The van der Waals surface area contributed by atoms with E-state index in [1.165, 1.54) is 7.11 Å². The van der Waals surface area contributed by atoms with Crippen LogP contribution in [0.5, 0.6) is 0 Å². The number of nitrogens with one attached hydrogen (secondary N) is 1. The highest BCUT2D eigenvalue weighted by molar-refractivity contribution is 5.87. The van der Waals surface area contributed by atoms with E-state index in [0.717, 1.165) is 12.8 Å². The van der Waals surface area contributed by atoms with Crippen molar-refractivity contribution >= 4 is 17.7 Å². The molecule has 0 aromatic heterocycles. The second kappa shape index (κ2) is 6.83. The van der Waals surface area contributed by atoms with Crippen molar-refractivity contribution in [2.24, 2.45) is 11.8 Å². The van der Waals surface area contributed by atoms with Crippen molar-refractivity contribution in [1.82, 2.24) is 5.32 Å². The van der Waals surface area contributed by atoms with Gasteiger partial charge in [0.2, 0.25) is 5.91 Å². The van der Waals surface area contributed by atoms with Crippen LogP contribution in [-0.4, -0.2) is 44.0 Å². The number of esters is 1. The van der Waals surface area contributed by atoms with Crippen LogP contribution in [0.4, 0.5) is 0 Å². The van der Waals surface area contributed by atoms with E-state index < -0.39 is 12.0 Å². The summed E-state index contributed by atoms with van der Waals surface area (Å²) in [6.07, 6.45) is 3.09. The zero-order valence-corrected chi connectivity index (χ0v) is 11.7. The first-order chi connectivity index (χ1) is 9.61. The summed E-state index contributed by atoms with van der Waals surface area (Å²) in [4.78, 5) is 35.6. The number of ketones is 1. The van der Waals surface area contributed by atoms with Crippen molar-refractivity contribution in [2.45, 2.75) is 38.1 Å². The van der Waals surface area contributed by atoms with Crippen LogP contribution in [0, 0.1) is 11.8 Å². The summed E-state index contributed by atoms with van der Waals surface area (Å²) in [6, 6.07) is -0.725. The Labute approximate surface area is 118 Å². The van der Waals surface area contributed by atoms with E-state index in [1.54, 1.807) is 0 Å². The Hall–Kier alpha value is -1.43. The second-order valence-electron chi connectivity index (χ2n) is 5.47. The Morgan fingerprint density at radius 1 is 1.40 bits per heavy atom. The molecule has 6 nitrogen and oxygen atoms in total. The van der Waals surface area contributed by atoms with E-state index in [4.69, 9.17) is 9.47 Å². The predicted octanol–water partition coefficient (Wildman–Crippen LogP) is 0.440. The lowest BCUT2D eigenvalue weighted by molar-refractivity contribution is -0.148. The number of carbonyl (C=O) groups is 3. The predicted molar refractivity (Wildman–Crippen MR) is 69.8 cm³/mol. The lowest BCUT2D eigenvalue weighted by Gasteiger charge is -2.29. The van der Waals surface area contributed by atoms with Crippen LogP contribution in [0.1, 0.15) is 32.1 Å². The summed E-state index contributed by atoms with van der Waals surface area (Å²) < 4.78 is 9.95. The van der Waals surface area contributed by atoms with E-state index in [-0.39, 0.29) is 23.5 Å². The molecule has 1 saturated carbocycles.